The van der Waals surface area contributed by atoms with Crippen LogP contribution in [0.25, 0.3) is 0 Å². The second kappa shape index (κ2) is 6.98. The van der Waals surface area contributed by atoms with Gasteiger partial charge < -0.3 is 10.8 Å². The fourth-order valence-electron chi connectivity index (χ4n) is 3.02. The lowest BCUT2D eigenvalue weighted by Crippen LogP contribution is -2.41. The van der Waals surface area contributed by atoms with Gasteiger partial charge in [-0.05, 0) is 37.8 Å². The van der Waals surface area contributed by atoms with E-state index < -0.39 is 0 Å². The van der Waals surface area contributed by atoms with E-state index in [2.05, 4.69) is 4.90 Å². The number of benzene rings is 1. The molecule has 1 aliphatic rings. The number of rotatable bonds is 5. The molecule has 0 spiro atoms. The molecular weight excluding hydrogens is 243 g/mol. The fourth-order valence-corrected chi connectivity index (χ4v) is 3.02. The maximum atomic E-state index is 13.9. The number of hydrogen-bond acceptors (Lipinski definition) is 3. The third-order valence-electron chi connectivity index (χ3n) is 4.02. The van der Waals surface area contributed by atoms with Gasteiger partial charge in [-0.3, -0.25) is 4.90 Å². The van der Waals surface area contributed by atoms with Gasteiger partial charge in [0.05, 0.1) is 0 Å². The molecule has 0 bridgehead atoms. The summed E-state index contributed by atoms with van der Waals surface area (Å²) in [6, 6.07) is 6.82. The first-order valence-electron chi connectivity index (χ1n) is 7.05. The molecule has 1 heterocycles. The number of hydrogen-bond donors (Lipinski definition) is 2. The second-order valence-electron chi connectivity index (χ2n) is 5.29. The quantitative estimate of drug-likeness (QED) is 0.856. The standard InChI is InChI=1S/C15H23FN2O/c16-14-6-2-1-5-13(14)15(10-17)18-8-3-4-12(11-18)7-9-19/h1-2,5-6,12,15,19H,3-4,7-11,17H2. The van der Waals surface area contributed by atoms with E-state index >= 15 is 0 Å². The predicted molar refractivity (Wildman–Crippen MR) is 74.2 cm³/mol. The first-order chi connectivity index (χ1) is 9.26. The smallest absolute Gasteiger partial charge is 0.128 e. The minimum absolute atomic E-state index is 0.0531. The number of halogens is 1. The Morgan fingerprint density at radius 2 is 2.21 bits per heavy atom. The highest BCUT2D eigenvalue weighted by Gasteiger charge is 2.27. The normalized spacial score (nSPS) is 22.4. The maximum absolute atomic E-state index is 13.9. The molecule has 0 radical (unpaired) electrons. The zero-order chi connectivity index (χ0) is 13.7. The van der Waals surface area contributed by atoms with Gasteiger partial charge in [0, 0.05) is 31.3 Å². The Hall–Kier alpha value is -0.970. The molecule has 1 aromatic carbocycles. The topological polar surface area (TPSA) is 49.5 Å². The fraction of sp³-hybridized carbons (Fsp3) is 0.600. The molecule has 3 nitrogen and oxygen atoms in total. The van der Waals surface area contributed by atoms with Crippen LogP contribution >= 0.6 is 0 Å². The summed E-state index contributed by atoms with van der Waals surface area (Å²) in [5.74, 6) is 0.321. The van der Waals surface area contributed by atoms with Crippen molar-refractivity contribution in [3.05, 3.63) is 35.6 Å². The van der Waals surface area contributed by atoms with Gasteiger partial charge in [0.2, 0.25) is 0 Å². The van der Waals surface area contributed by atoms with Gasteiger partial charge in [-0.15, -0.1) is 0 Å². The average Bonchev–Trinajstić information content (AvgIpc) is 2.43. The van der Waals surface area contributed by atoms with Crippen LogP contribution < -0.4 is 5.73 Å². The van der Waals surface area contributed by atoms with E-state index in [1.807, 2.05) is 12.1 Å². The number of piperidine rings is 1. The van der Waals surface area contributed by atoms with Crippen molar-refractivity contribution in [2.24, 2.45) is 11.7 Å². The van der Waals surface area contributed by atoms with Crippen LogP contribution in [0.2, 0.25) is 0 Å². The highest BCUT2D eigenvalue weighted by Crippen LogP contribution is 2.28. The van der Waals surface area contributed by atoms with Gasteiger partial charge in [0.15, 0.2) is 0 Å². The molecule has 4 heteroatoms. The highest BCUT2D eigenvalue weighted by molar-refractivity contribution is 5.21. The first-order valence-corrected chi connectivity index (χ1v) is 7.05. The molecule has 1 fully saturated rings. The van der Waals surface area contributed by atoms with Crippen molar-refractivity contribution in [2.75, 3.05) is 26.2 Å². The minimum atomic E-state index is -0.178. The zero-order valence-electron chi connectivity index (χ0n) is 11.3. The summed E-state index contributed by atoms with van der Waals surface area (Å²) in [5, 5.41) is 9.06. The number of aliphatic hydroxyl groups excluding tert-OH is 1. The molecule has 1 saturated heterocycles. The van der Waals surface area contributed by atoms with E-state index in [1.165, 1.54) is 6.07 Å². The van der Waals surface area contributed by atoms with E-state index in [0.717, 1.165) is 32.4 Å². The van der Waals surface area contributed by atoms with Crippen molar-refractivity contribution in [3.63, 3.8) is 0 Å². The number of aliphatic hydroxyl groups is 1. The van der Waals surface area contributed by atoms with Gasteiger partial charge in [0.25, 0.3) is 0 Å². The average molecular weight is 266 g/mol. The summed E-state index contributed by atoms with van der Waals surface area (Å²) < 4.78 is 13.9. The summed E-state index contributed by atoms with van der Waals surface area (Å²) in [6.45, 7) is 2.51. The third kappa shape index (κ3) is 3.53. The number of likely N-dealkylation sites (tertiary alicyclic amines) is 1. The number of nitrogens with two attached hydrogens (primary N) is 1. The monoisotopic (exact) mass is 266 g/mol. The minimum Gasteiger partial charge on any atom is -0.396 e. The molecule has 0 saturated carbocycles. The summed E-state index contributed by atoms with van der Waals surface area (Å²) >= 11 is 0. The molecule has 1 aromatic rings. The lowest BCUT2D eigenvalue weighted by atomic mass is 9.92. The highest BCUT2D eigenvalue weighted by atomic mass is 19.1. The maximum Gasteiger partial charge on any atom is 0.128 e. The van der Waals surface area contributed by atoms with Crippen LogP contribution in [-0.2, 0) is 0 Å². The van der Waals surface area contributed by atoms with Crippen LogP contribution in [-0.4, -0.2) is 36.2 Å². The molecule has 0 amide bonds. The van der Waals surface area contributed by atoms with Gasteiger partial charge in [-0.2, -0.15) is 0 Å². The zero-order valence-corrected chi connectivity index (χ0v) is 11.3. The largest absolute Gasteiger partial charge is 0.396 e. The Morgan fingerprint density at radius 3 is 2.89 bits per heavy atom. The van der Waals surface area contributed by atoms with Crippen LogP contribution in [0.4, 0.5) is 4.39 Å². The van der Waals surface area contributed by atoms with Crippen molar-refractivity contribution in [2.45, 2.75) is 25.3 Å². The van der Waals surface area contributed by atoms with Crippen LogP contribution in [0, 0.1) is 11.7 Å². The SMILES string of the molecule is NCC(c1ccccc1F)N1CCCC(CCO)C1. The summed E-state index contributed by atoms with van der Waals surface area (Å²) in [6.07, 6.45) is 3.06. The van der Waals surface area contributed by atoms with Crippen molar-refractivity contribution >= 4 is 0 Å². The Labute approximate surface area is 114 Å². The predicted octanol–water partition coefficient (Wildman–Crippen LogP) is 1.92. The van der Waals surface area contributed by atoms with Crippen LogP contribution in [0.1, 0.15) is 30.9 Å². The lowest BCUT2D eigenvalue weighted by Gasteiger charge is -2.38. The molecule has 106 valence electrons. The van der Waals surface area contributed by atoms with Crippen LogP contribution in [0.5, 0.6) is 0 Å². The van der Waals surface area contributed by atoms with E-state index in [4.69, 9.17) is 10.8 Å². The number of nitrogens with zero attached hydrogens (tertiary/aromatic N) is 1. The third-order valence-corrected chi connectivity index (χ3v) is 4.02. The molecule has 2 unspecified atom stereocenters. The molecule has 1 aliphatic heterocycles. The van der Waals surface area contributed by atoms with Gasteiger partial charge in [-0.25, -0.2) is 4.39 Å². The van der Waals surface area contributed by atoms with Crippen molar-refractivity contribution in [1.82, 2.24) is 4.90 Å². The van der Waals surface area contributed by atoms with E-state index in [1.54, 1.807) is 6.07 Å². The Bertz CT molecular complexity index is 397. The van der Waals surface area contributed by atoms with Crippen molar-refractivity contribution in [1.29, 1.82) is 0 Å². The summed E-state index contributed by atoms with van der Waals surface area (Å²) in [7, 11) is 0. The first kappa shape index (κ1) is 14.4. The molecule has 19 heavy (non-hydrogen) atoms. The van der Waals surface area contributed by atoms with Gasteiger partial charge in [0.1, 0.15) is 5.82 Å². The molecular formula is C15H23FN2O. The molecule has 3 N–H and O–H groups in total. The Kier molecular flexibility index (Phi) is 5.31. The Morgan fingerprint density at radius 1 is 1.42 bits per heavy atom. The molecule has 0 aromatic heterocycles. The molecule has 2 rings (SSSR count). The molecule has 0 aliphatic carbocycles. The lowest BCUT2D eigenvalue weighted by molar-refractivity contribution is 0.108. The van der Waals surface area contributed by atoms with Crippen molar-refractivity contribution < 1.29 is 9.50 Å². The van der Waals surface area contributed by atoms with Gasteiger partial charge in [-0.1, -0.05) is 18.2 Å². The molecule has 2 atom stereocenters. The van der Waals surface area contributed by atoms with E-state index in [9.17, 15) is 4.39 Å². The van der Waals surface area contributed by atoms with Crippen LogP contribution in [0.3, 0.4) is 0 Å². The van der Waals surface area contributed by atoms with Crippen LogP contribution in [0.15, 0.2) is 24.3 Å². The Balaban J connectivity index is 2.11. The second-order valence-corrected chi connectivity index (χ2v) is 5.29. The summed E-state index contributed by atoms with van der Waals surface area (Å²) in [5.41, 5.74) is 6.56. The van der Waals surface area contributed by atoms with E-state index in [0.29, 0.717) is 18.0 Å². The van der Waals surface area contributed by atoms with E-state index in [-0.39, 0.29) is 18.5 Å². The van der Waals surface area contributed by atoms with Gasteiger partial charge >= 0.3 is 0 Å². The van der Waals surface area contributed by atoms with Crippen molar-refractivity contribution in [3.8, 4) is 0 Å². The summed E-state index contributed by atoms with van der Waals surface area (Å²) in [4.78, 5) is 2.27.